The van der Waals surface area contributed by atoms with Crippen LogP contribution in [0, 0.1) is 0 Å². The molecule has 5 rings (SSSR count). The summed E-state index contributed by atoms with van der Waals surface area (Å²) in [6.45, 7) is 1.03. The monoisotopic (exact) mass is 466 g/mol. The van der Waals surface area contributed by atoms with E-state index in [4.69, 9.17) is 4.74 Å². The van der Waals surface area contributed by atoms with Gasteiger partial charge in [-0.1, -0.05) is 36.3 Å². The van der Waals surface area contributed by atoms with E-state index in [1.165, 1.54) is 11.3 Å². The van der Waals surface area contributed by atoms with Gasteiger partial charge < -0.3 is 15.0 Å². The van der Waals surface area contributed by atoms with Crippen LogP contribution in [0.15, 0.2) is 30.3 Å². The summed E-state index contributed by atoms with van der Waals surface area (Å²) in [5, 5.41) is 13.6. The second-order valence-electron chi connectivity index (χ2n) is 8.34. The molecule has 0 unspecified atom stereocenters. The van der Waals surface area contributed by atoms with Gasteiger partial charge in [0.25, 0.3) is 5.91 Å². The Balaban J connectivity index is 1.23. The number of methoxy groups -OCH3 is 1. The molecule has 10 heteroatoms. The number of ether oxygens (including phenoxy) is 1. The van der Waals surface area contributed by atoms with E-state index in [1.807, 2.05) is 24.3 Å². The van der Waals surface area contributed by atoms with Crippen molar-refractivity contribution in [3.05, 3.63) is 46.6 Å². The lowest BCUT2D eigenvalue weighted by atomic mass is 10.1. The van der Waals surface area contributed by atoms with Gasteiger partial charge in [0.1, 0.15) is 11.4 Å². The van der Waals surface area contributed by atoms with Crippen molar-refractivity contribution in [3.63, 3.8) is 0 Å². The third-order valence-corrected chi connectivity index (χ3v) is 7.10. The topological polar surface area (TPSA) is 112 Å². The Hall–Kier alpha value is -3.40. The molecule has 0 atom stereocenters. The fraction of sp³-hybridized carbons (Fsp3) is 0.391. The Morgan fingerprint density at radius 3 is 2.91 bits per heavy atom. The quantitative estimate of drug-likeness (QED) is 0.529. The number of thiazole rings is 1. The number of fused-ring (bicyclic) bond motifs is 1. The summed E-state index contributed by atoms with van der Waals surface area (Å²) >= 11 is 1.43. The number of urea groups is 1. The fourth-order valence-electron chi connectivity index (χ4n) is 4.34. The van der Waals surface area contributed by atoms with E-state index in [9.17, 15) is 9.59 Å². The number of nitrogens with one attached hydrogen (secondary N) is 3. The second-order valence-corrected chi connectivity index (χ2v) is 9.43. The summed E-state index contributed by atoms with van der Waals surface area (Å²) in [7, 11) is 1.62. The van der Waals surface area contributed by atoms with Crippen LogP contribution in [0.1, 0.15) is 46.7 Å². The fourth-order valence-corrected chi connectivity index (χ4v) is 5.36. The van der Waals surface area contributed by atoms with Crippen LogP contribution in [-0.2, 0) is 13.0 Å². The first-order chi connectivity index (χ1) is 16.1. The normalized spacial score (nSPS) is 15.8. The zero-order chi connectivity index (χ0) is 22.8. The standard InChI is InChI=1S/C23H26N6O3S/c1-32-16-8-4-5-14(11-16)18-12-19(28-27-18)21(30)29-10-9-17-20(13-29)33-23(25-17)26-22(31)24-15-6-2-3-7-15/h4-5,8,11-12,15H,2-3,6-7,9-10,13H2,1H3,(H,27,28)(H2,24,25,26,31). The van der Waals surface area contributed by atoms with Crippen LogP contribution in [0.3, 0.4) is 0 Å². The lowest BCUT2D eigenvalue weighted by molar-refractivity contribution is 0.0730. The van der Waals surface area contributed by atoms with E-state index < -0.39 is 0 Å². The van der Waals surface area contributed by atoms with Crippen molar-refractivity contribution < 1.29 is 14.3 Å². The van der Waals surface area contributed by atoms with Gasteiger partial charge in [-0.3, -0.25) is 15.2 Å². The molecular formula is C23H26N6O3S. The molecule has 2 aromatic heterocycles. The van der Waals surface area contributed by atoms with E-state index >= 15 is 0 Å². The summed E-state index contributed by atoms with van der Waals surface area (Å²) in [4.78, 5) is 32.7. The molecule has 33 heavy (non-hydrogen) atoms. The van der Waals surface area contributed by atoms with Crippen molar-refractivity contribution in [2.75, 3.05) is 19.0 Å². The maximum Gasteiger partial charge on any atom is 0.321 e. The van der Waals surface area contributed by atoms with Gasteiger partial charge in [0, 0.05) is 29.4 Å². The highest BCUT2D eigenvalue weighted by atomic mass is 32.1. The molecule has 1 aliphatic carbocycles. The highest BCUT2D eigenvalue weighted by molar-refractivity contribution is 7.15. The highest BCUT2D eigenvalue weighted by Crippen LogP contribution is 2.30. The van der Waals surface area contributed by atoms with Crippen molar-refractivity contribution in [1.82, 2.24) is 25.4 Å². The predicted octanol–water partition coefficient (Wildman–Crippen LogP) is 3.80. The Morgan fingerprint density at radius 2 is 2.09 bits per heavy atom. The Kier molecular flexibility index (Phi) is 5.99. The van der Waals surface area contributed by atoms with Gasteiger partial charge in [-0.05, 0) is 31.0 Å². The van der Waals surface area contributed by atoms with E-state index in [-0.39, 0.29) is 18.0 Å². The zero-order valence-electron chi connectivity index (χ0n) is 18.4. The highest BCUT2D eigenvalue weighted by Gasteiger charge is 2.27. The first kappa shape index (κ1) is 21.4. The van der Waals surface area contributed by atoms with Crippen LogP contribution < -0.4 is 15.4 Å². The third-order valence-electron chi connectivity index (χ3n) is 6.10. The van der Waals surface area contributed by atoms with Crippen molar-refractivity contribution in [1.29, 1.82) is 0 Å². The minimum Gasteiger partial charge on any atom is -0.497 e. The summed E-state index contributed by atoms with van der Waals surface area (Å²) in [6, 6.07) is 9.37. The summed E-state index contributed by atoms with van der Waals surface area (Å²) in [5.41, 5.74) is 2.95. The number of aromatic amines is 1. The number of carbonyl (C=O) groups is 2. The lowest BCUT2D eigenvalue weighted by Crippen LogP contribution is -2.36. The van der Waals surface area contributed by atoms with Gasteiger partial charge in [0.05, 0.1) is 25.0 Å². The largest absolute Gasteiger partial charge is 0.497 e. The number of H-pyrrole nitrogens is 1. The molecule has 1 fully saturated rings. The summed E-state index contributed by atoms with van der Waals surface area (Å²) < 4.78 is 5.27. The molecule has 3 amide bonds. The van der Waals surface area contributed by atoms with E-state index in [0.717, 1.165) is 47.6 Å². The second kappa shape index (κ2) is 9.22. The molecule has 2 aliphatic rings. The molecule has 3 heterocycles. The minimum absolute atomic E-state index is 0.107. The number of aromatic nitrogens is 3. The van der Waals surface area contributed by atoms with Gasteiger partial charge in [0.2, 0.25) is 0 Å². The SMILES string of the molecule is COc1cccc(-c2cc(C(=O)N3CCc4nc(NC(=O)NC5CCCC5)sc4C3)[nH]n2)c1. The Bertz CT molecular complexity index is 1170. The van der Waals surface area contributed by atoms with Crippen LogP contribution in [-0.4, -0.2) is 51.7 Å². The molecule has 0 saturated heterocycles. The molecule has 0 radical (unpaired) electrons. The zero-order valence-corrected chi connectivity index (χ0v) is 19.2. The molecular weight excluding hydrogens is 440 g/mol. The number of benzene rings is 1. The van der Waals surface area contributed by atoms with Crippen molar-refractivity contribution in [2.45, 2.75) is 44.7 Å². The van der Waals surface area contributed by atoms with Gasteiger partial charge in [-0.2, -0.15) is 5.10 Å². The van der Waals surface area contributed by atoms with E-state index in [1.54, 1.807) is 18.1 Å². The van der Waals surface area contributed by atoms with Gasteiger partial charge >= 0.3 is 6.03 Å². The number of rotatable bonds is 5. The molecule has 3 aromatic rings. The maximum atomic E-state index is 13.1. The molecule has 1 aliphatic heterocycles. The molecule has 0 spiro atoms. The van der Waals surface area contributed by atoms with Crippen molar-refractivity contribution >= 4 is 28.4 Å². The molecule has 0 bridgehead atoms. The third kappa shape index (κ3) is 4.70. The van der Waals surface area contributed by atoms with Gasteiger partial charge in [0.15, 0.2) is 5.13 Å². The number of nitrogens with zero attached hydrogens (tertiary/aromatic N) is 3. The van der Waals surface area contributed by atoms with E-state index in [2.05, 4.69) is 25.8 Å². The first-order valence-corrected chi connectivity index (χ1v) is 12.0. The minimum atomic E-state index is -0.205. The van der Waals surface area contributed by atoms with Crippen LogP contribution in [0.2, 0.25) is 0 Å². The molecule has 3 N–H and O–H groups in total. The van der Waals surface area contributed by atoms with Gasteiger partial charge in [-0.15, -0.1) is 0 Å². The number of amides is 3. The average Bonchev–Trinajstić information content (AvgIpc) is 3.58. The molecule has 9 nitrogen and oxygen atoms in total. The number of hydrogen-bond acceptors (Lipinski definition) is 6. The average molecular weight is 467 g/mol. The Labute approximate surface area is 195 Å². The predicted molar refractivity (Wildman–Crippen MR) is 126 cm³/mol. The van der Waals surface area contributed by atoms with E-state index in [0.29, 0.717) is 36.0 Å². The molecule has 172 valence electrons. The van der Waals surface area contributed by atoms with Gasteiger partial charge in [-0.25, -0.2) is 9.78 Å². The van der Waals surface area contributed by atoms with Crippen LogP contribution in [0.4, 0.5) is 9.93 Å². The summed E-state index contributed by atoms with van der Waals surface area (Å²) in [6.07, 6.45) is 5.05. The van der Waals surface area contributed by atoms with Crippen LogP contribution in [0.25, 0.3) is 11.3 Å². The van der Waals surface area contributed by atoms with Crippen molar-refractivity contribution in [3.8, 4) is 17.0 Å². The maximum absolute atomic E-state index is 13.1. The van der Waals surface area contributed by atoms with Crippen molar-refractivity contribution in [2.24, 2.45) is 0 Å². The smallest absolute Gasteiger partial charge is 0.321 e. The molecule has 1 aromatic carbocycles. The Morgan fingerprint density at radius 1 is 1.24 bits per heavy atom. The first-order valence-electron chi connectivity index (χ1n) is 11.1. The summed E-state index contributed by atoms with van der Waals surface area (Å²) in [5.74, 6) is 0.627. The number of carbonyl (C=O) groups excluding carboxylic acids is 2. The van der Waals surface area contributed by atoms with Crippen LogP contribution >= 0.6 is 11.3 Å². The van der Waals surface area contributed by atoms with Crippen LogP contribution in [0.5, 0.6) is 5.75 Å². The number of anilines is 1. The lowest BCUT2D eigenvalue weighted by Gasteiger charge is -2.25. The molecule has 1 saturated carbocycles. The number of hydrogen-bond donors (Lipinski definition) is 3.